The Hall–Kier alpha value is -1.31. The van der Waals surface area contributed by atoms with E-state index in [4.69, 9.17) is 10.8 Å². The number of hydrogen-bond donors (Lipinski definition) is 2. The quantitative estimate of drug-likeness (QED) is 0.907. The first-order chi connectivity index (χ1) is 8.49. The van der Waals surface area contributed by atoms with Crippen molar-refractivity contribution in [2.75, 3.05) is 0 Å². The minimum atomic E-state index is -1.14. The highest BCUT2D eigenvalue weighted by atomic mass is 79.9. The molecule has 0 fully saturated rings. The molecule has 0 saturated carbocycles. The normalized spacial score (nSPS) is 12.4. The van der Waals surface area contributed by atoms with Crippen molar-refractivity contribution in [2.24, 2.45) is 5.73 Å². The SMILES string of the molecule is NC(C(=O)O)c1csc(-c2ccc(F)cc2Br)n1. The number of carbonyl (C=O) groups is 1. The van der Waals surface area contributed by atoms with Gasteiger partial charge in [0.15, 0.2) is 0 Å². The number of carboxylic acid groups (broad SMARTS) is 1. The van der Waals surface area contributed by atoms with Gasteiger partial charge in [0.25, 0.3) is 0 Å². The summed E-state index contributed by atoms with van der Waals surface area (Å²) in [6.07, 6.45) is 0. The molecule has 0 bridgehead atoms. The lowest BCUT2D eigenvalue weighted by Gasteiger charge is -2.02. The number of aromatic nitrogens is 1. The van der Waals surface area contributed by atoms with Gasteiger partial charge in [0.1, 0.15) is 16.9 Å². The summed E-state index contributed by atoms with van der Waals surface area (Å²) >= 11 is 4.50. The molecular weight excluding hydrogens is 323 g/mol. The first kappa shape index (κ1) is 13.1. The van der Waals surface area contributed by atoms with Crippen LogP contribution in [-0.2, 0) is 4.79 Å². The number of nitrogens with two attached hydrogens (primary N) is 1. The van der Waals surface area contributed by atoms with Crippen molar-refractivity contribution in [1.82, 2.24) is 4.98 Å². The average molecular weight is 331 g/mol. The van der Waals surface area contributed by atoms with Crippen molar-refractivity contribution in [3.63, 3.8) is 0 Å². The molecule has 0 aliphatic carbocycles. The summed E-state index contributed by atoms with van der Waals surface area (Å²) in [5.41, 5.74) is 6.45. The zero-order valence-electron chi connectivity index (χ0n) is 8.93. The van der Waals surface area contributed by atoms with E-state index in [1.165, 1.54) is 23.5 Å². The van der Waals surface area contributed by atoms with Crippen molar-refractivity contribution in [1.29, 1.82) is 0 Å². The lowest BCUT2D eigenvalue weighted by Crippen LogP contribution is -2.20. The molecule has 1 aromatic heterocycles. The first-order valence-electron chi connectivity index (χ1n) is 4.88. The molecule has 0 saturated heterocycles. The Morgan fingerprint density at radius 2 is 2.28 bits per heavy atom. The maximum Gasteiger partial charge on any atom is 0.326 e. The van der Waals surface area contributed by atoms with E-state index in [-0.39, 0.29) is 5.82 Å². The number of hydrogen-bond acceptors (Lipinski definition) is 4. The van der Waals surface area contributed by atoms with E-state index in [1.807, 2.05) is 0 Å². The van der Waals surface area contributed by atoms with Crippen molar-refractivity contribution < 1.29 is 14.3 Å². The van der Waals surface area contributed by atoms with Crippen LogP contribution in [0.5, 0.6) is 0 Å². The van der Waals surface area contributed by atoms with Gasteiger partial charge in [0.05, 0.1) is 5.69 Å². The molecule has 0 amide bonds. The van der Waals surface area contributed by atoms with Crippen molar-refractivity contribution in [3.8, 4) is 10.6 Å². The maximum atomic E-state index is 13.0. The molecule has 18 heavy (non-hydrogen) atoms. The predicted molar refractivity (Wildman–Crippen MR) is 69.8 cm³/mol. The standard InChI is InChI=1S/C11H8BrFN2O2S/c12-7-3-5(13)1-2-6(7)10-15-8(4-18-10)9(14)11(16)17/h1-4,9H,14H2,(H,16,17). The zero-order valence-corrected chi connectivity index (χ0v) is 11.3. The van der Waals surface area contributed by atoms with Gasteiger partial charge < -0.3 is 10.8 Å². The number of halogens is 2. The monoisotopic (exact) mass is 330 g/mol. The van der Waals surface area contributed by atoms with Crippen LogP contribution in [0.15, 0.2) is 28.1 Å². The molecule has 3 N–H and O–H groups in total. The van der Waals surface area contributed by atoms with E-state index in [9.17, 15) is 9.18 Å². The Morgan fingerprint density at radius 3 is 2.89 bits per heavy atom. The highest BCUT2D eigenvalue weighted by Crippen LogP contribution is 2.32. The molecule has 4 nitrogen and oxygen atoms in total. The van der Waals surface area contributed by atoms with E-state index in [1.54, 1.807) is 11.4 Å². The van der Waals surface area contributed by atoms with Gasteiger partial charge in [0.2, 0.25) is 0 Å². The van der Waals surface area contributed by atoms with Crippen LogP contribution in [0.3, 0.4) is 0 Å². The third-order valence-corrected chi connectivity index (χ3v) is 3.82. The van der Waals surface area contributed by atoms with Crippen molar-refractivity contribution in [2.45, 2.75) is 6.04 Å². The lowest BCUT2D eigenvalue weighted by atomic mass is 10.2. The Balaban J connectivity index is 2.38. The molecule has 2 rings (SSSR count). The van der Waals surface area contributed by atoms with Crippen LogP contribution in [0.2, 0.25) is 0 Å². The van der Waals surface area contributed by atoms with Crippen molar-refractivity contribution in [3.05, 3.63) is 39.6 Å². The molecule has 0 spiro atoms. The summed E-state index contributed by atoms with van der Waals surface area (Å²) in [7, 11) is 0. The molecule has 0 radical (unpaired) electrons. The fraction of sp³-hybridized carbons (Fsp3) is 0.0909. The van der Waals surface area contributed by atoms with Crippen LogP contribution in [-0.4, -0.2) is 16.1 Å². The molecule has 1 atom stereocenters. The Kier molecular flexibility index (Phi) is 3.74. The van der Waals surface area contributed by atoms with Crippen LogP contribution >= 0.6 is 27.3 Å². The van der Waals surface area contributed by atoms with Gasteiger partial charge in [-0.05, 0) is 34.1 Å². The third-order valence-electron chi connectivity index (χ3n) is 2.27. The van der Waals surface area contributed by atoms with Gasteiger partial charge in [-0.15, -0.1) is 11.3 Å². The van der Waals surface area contributed by atoms with Crippen LogP contribution < -0.4 is 5.73 Å². The van der Waals surface area contributed by atoms with E-state index in [0.29, 0.717) is 20.7 Å². The Labute approximate surface area is 114 Å². The summed E-state index contributed by atoms with van der Waals surface area (Å²) in [5, 5.41) is 11.0. The molecule has 1 aromatic carbocycles. The average Bonchev–Trinajstić information content (AvgIpc) is 2.77. The van der Waals surface area contributed by atoms with E-state index in [0.717, 1.165) is 0 Å². The van der Waals surface area contributed by atoms with Gasteiger partial charge >= 0.3 is 5.97 Å². The summed E-state index contributed by atoms with van der Waals surface area (Å²) in [6, 6.07) is 3.08. The fourth-order valence-electron chi connectivity index (χ4n) is 1.34. The first-order valence-corrected chi connectivity index (χ1v) is 6.55. The smallest absolute Gasteiger partial charge is 0.326 e. The Bertz CT molecular complexity index is 602. The van der Waals surface area contributed by atoms with Gasteiger partial charge in [-0.3, -0.25) is 4.79 Å². The Morgan fingerprint density at radius 1 is 1.56 bits per heavy atom. The summed E-state index contributed by atoms with van der Waals surface area (Å²) in [6.45, 7) is 0. The number of rotatable bonds is 3. The highest BCUT2D eigenvalue weighted by Gasteiger charge is 2.18. The number of thiazole rings is 1. The minimum absolute atomic E-state index is 0.290. The molecule has 94 valence electrons. The summed E-state index contributed by atoms with van der Waals surface area (Å²) < 4.78 is 13.5. The molecule has 1 unspecified atom stereocenters. The van der Waals surface area contributed by atoms with Gasteiger partial charge in [0, 0.05) is 15.4 Å². The summed E-state index contributed by atoms with van der Waals surface area (Å²) in [4.78, 5) is 14.9. The fourth-order valence-corrected chi connectivity index (χ4v) is 2.91. The number of nitrogens with zero attached hydrogens (tertiary/aromatic N) is 1. The van der Waals surface area contributed by atoms with E-state index >= 15 is 0 Å². The molecule has 0 aliphatic heterocycles. The van der Waals surface area contributed by atoms with E-state index in [2.05, 4.69) is 20.9 Å². The second kappa shape index (κ2) is 5.13. The predicted octanol–water partition coefficient (Wildman–Crippen LogP) is 2.80. The molecule has 1 heterocycles. The number of aliphatic carboxylic acids is 1. The van der Waals surface area contributed by atoms with Crippen LogP contribution in [0.1, 0.15) is 11.7 Å². The number of benzene rings is 1. The third kappa shape index (κ3) is 2.58. The zero-order chi connectivity index (χ0) is 13.3. The molecule has 2 aromatic rings. The minimum Gasteiger partial charge on any atom is -0.480 e. The van der Waals surface area contributed by atoms with Gasteiger partial charge in [-0.2, -0.15) is 0 Å². The van der Waals surface area contributed by atoms with Crippen molar-refractivity contribution >= 4 is 33.2 Å². The molecule has 7 heteroatoms. The second-order valence-corrected chi connectivity index (χ2v) is 5.23. The largest absolute Gasteiger partial charge is 0.480 e. The van der Waals surface area contributed by atoms with E-state index < -0.39 is 12.0 Å². The van der Waals surface area contributed by atoms with Crippen LogP contribution in [0.4, 0.5) is 4.39 Å². The van der Waals surface area contributed by atoms with Gasteiger partial charge in [-0.25, -0.2) is 9.37 Å². The van der Waals surface area contributed by atoms with Gasteiger partial charge in [-0.1, -0.05) is 0 Å². The second-order valence-electron chi connectivity index (χ2n) is 3.52. The molecular formula is C11H8BrFN2O2S. The van der Waals surface area contributed by atoms with Crippen LogP contribution in [0.25, 0.3) is 10.6 Å². The summed E-state index contributed by atoms with van der Waals surface area (Å²) in [5.74, 6) is -1.49. The topological polar surface area (TPSA) is 76.2 Å². The number of carboxylic acids is 1. The molecule has 0 aliphatic rings. The van der Waals surface area contributed by atoms with Crippen LogP contribution in [0, 0.1) is 5.82 Å². The highest BCUT2D eigenvalue weighted by molar-refractivity contribution is 9.10. The maximum absolute atomic E-state index is 13.0. The lowest BCUT2D eigenvalue weighted by molar-refractivity contribution is -0.138.